The van der Waals surface area contributed by atoms with E-state index in [0.29, 0.717) is 11.6 Å². The topological polar surface area (TPSA) is 35.8 Å². The Labute approximate surface area is 121 Å². The highest BCUT2D eigenvalue weighted by Gasteiger charge is 2.02. The second kappa shape index (κ2) is 7.47. The summed E-state index contributed by atoms with van der Waals surface area (Å²) in [6, 6.07) is 20.9. The Balaban J connectivity index is 1.74. The molecule has 0 saturated carbocycles. The van der Waals surface area contributed by atoms with Gasteiger partial charge in [0.2, 0.25) is 0 Å². The van der Waals surface area contributed by atoms with Crippen LogP contribution in [0.4, 0.5) is 0 Å². The zero-order valence-electron chi connectivity index (χ0n) is 11.8. The van der Waals surface area contributed by atoms with Crippen molar-refractivity contribution in [1.29, 1.82) is 5.26 Å². The second-order valence-electron chi connectivity index (χ2n) is 5.11. The highest BCUT2D eigenvalue weighted by Crippen LogP contribution is 2.07. The van der Waals surface area contributed by atoms with Crippen LogP contribution in [0.3, 0.4) is 0 Å². The first-order valence-corrected chi connectivity index (χ1v) is 7.04. The maximum atomic E-state index is 8.76. The third-order valence-corrected chi connectivity index (χ3v) is 3.45. The SMILES string of the molecule is CC(CCc1ccccc1)NCc1ccc(C#N)cc1. The summed E-state index contributed by atoms with van der Waals surface area (Å²) in [6.07, 6.45) is 2.22. The van der Waals surface area contributed by atoms with Gasteiger partial charge >= 0.3 is 0 Å². The van der Waals surface area contributed by atoms with Crippen molar-refractivity contribution in [3.63, 3.8) is 0 Å². The molecule has 2 aromatic rings. The standard InChI is InChI=1S/C18H20N2/c1-15(7-8-16-5-3-2-4-6-16)20-14-18-11-9-17(13-19)10-12-18/h2-6,9-12,15,20H,7-8,14H2,1H3. The van der Waals surface area contributed by atoms with Crippen LogP contribution in [0.5, 0.6) is 0 Å². The van der Waals surface area contributed by atoms with Crippen molar-refractivity contribution < 1.29 is 0 Å². The maximum Gasteiger partial charge on any atom is 0.0991 e. The first-order chi connectivity index (χ1) is 9.78. The van der Waals surface area contributed by atoms with Crippen LogP contribution in [-0.4, -0.2) is 6.04 Å². The second-order valence-corrected chi connectivity index (χ2v) is 5.11. The van der Waals surface area contributed by atoms with Crippen molar-refractivity contribution in [3.8, 4) is 6.07 Å². The van der Waals surface area contributed by atoms with Crippen molar-refractivity contribution in [3.05, 3.63) is 71.3 Å². The van der Waals surface area contributed by atoms with Crippen molar-refractivity contribution >= 4 is 0 Å². The minimum atomic E-state index is 0.478. The number of hydrogen-bond donors (Lipinski definition) is 1. The lowest BCUT2D eigenvalue weighted by Crippen LogP contribution is -2.25. The molecule has 0 saturated heterocycles. The highest BCUT2D eigenvalue weighted by molar-refractivity contribution is 5.31. The summed E-state index contributed by atoms with van der Waals surface area (Å²) in [7, 11) is 0. The van der Waals surface area contributed by atoms with Gasteiger partial charge in [0.05, 0.1) is 11.6 Å². The van der Waals surface area contributed by atoms with Crippen LogP contribution in [-0.2, 0) is 13.0 Å². The summed E-state index contributed by atoms with van der Waals surface area (Å²) in [5.41, 5.74) is 3.32. The van der Waals surface area contributed by atoms with Gasteiger partial charge in [-0.3, -0.25) is 0 Å². The van der Waals surface area contributed by atoms with E-state index in [1.165, 1.54) is 11.1 Å². The van der Waals surface area contributed by atoms with Gasteiger partial charge < -0.3 is 5.32 Å². The molecular formula is C18H20N2. The Bertz CT molecular complexity index is 552. The summed E-state index contributed by atoms with van der Waals surface area (Å²) >= 11 is 0. The lowest BCUT2D eigenvalue weighted by molar-refractivity contribution is 0.514. The molecule has 0 amide bonds. The summed E-state index contributed by atoms with van der Waals surface area (Å²) in [6.45, 7) is 3.06. The van der Waals surface area contributed by atoms with E-state index in [1.807, 2.05) is 24.3 Å². The number of nitrogens with zero attached hydrogens (tertiary/aromatic N) is 1. The zero-order valence-corrected chi connectivity index (χ0v) is 11.8. The summed E-state index contributed by atoms with van der Waals surface area (Å²) < 4.78 is 0. The molecule has 0 spiro atoms. The molecule has 0 bridgehead atoms. The summed E-state index contributed by atoms with van der Waals surface area (Å²) in [5, 5.41) is 12.3. The number of benzene rings is 2. The maximum absolute atomic E-state index is 8.76. The van der Waals surface area contributed by atoms with Crippen molar-refractivity contribution in [2.45, 2.75) is 32.4 Å². The van der Waals surface area contributed by atoms with Crippen LogP contribution < -0.4 is 5.32 Å². The molecule has 0 heterocycles. The lowest BCUT2D eigenvalue weighted by Gasteiger charge is -2.14. The number of nitriles is 1. The van der Waals surface area contributed by atoms with Crippen LogP contribution in [0.15, 0.2) is 54.6 Å². The van der Waals surface area contributed by atoms with E-state index in [1.54, 1.807) is 0 Å². The fourth-order valence-electron chi connectivity index (χ4n) is 2.12. The monoisotopic (exact) mass is 264 g/mol. The third-order valence-electron chi connectivity index (χ3n) is 3.45. The van der Waals surface area contributed by atoms with E-state index in [2.05, 4.69) is 48.6 Å². The van der Waals surface area contributed by atoms with Gasteiger partial charge in [-0.2, -0.15) is 5.26 Å². The number of nitrogens with one attached hydrogen (secondary N) is 1. The Morgan fingerprint density at radius 3 is 2.35 bits per heavy atom. The van der Waals surface area contributed by atoms with Gasteiger partial charge in [-0.05, 0) is 43.0 Å². The van der Waals surface area contributed by atoms with Crippen LogP contribution in [0, 0.1) is 11.3 Å². The molecule has 2 nitrogen and oxygen atoms in total. The largest absolute Gasteiger partial charge is 0.310 e. The molecule has 0 radical (unpaired) electrons. The van der Waals surface area contributed by atoms with E-state index in [4.69, 9.17) is 5.26 Å². The lowest BCUT2D eigenvalue weighted by atomic mass is 10.1. The summed E-state index contributed by atoms with van der Waals surface area (Å²) in [5.74, 6) is 0. The summed E-state index contributed by atoms with van der Waals surface area (Å²) in [4.78, 5) is 0. The van der Waals surface area contributed by atoms with Gasteiger partial charge in [-0.25, -0.2) is 0 Å². The molecule has 2 rings (SSSR count). The average Bonchev–Trinajstić information content (AvgIpc) is 2.52. The van der Waals surface area contributed by atoms with Crippen LogP contribution in [0.1, 0.15) is 30.0 Å². The Morgan fingerprint density at radius 1 is 1.00 bits per heavy atom. The molecule has 1 N–H and O–H groups in total. The molecular weight excluding hydrogens is 244 g/mol. The van der Waals surface area contributed by atoms with E-state index in [9.17, 15) is 0 Å². The van der Waals surface area contributed by atoms with Gasteiger partial charge in [0.1, 0.15) is 0 Å². The molecule has 0 aliphatic rings. The number of aryl methyl sites for hydroxylation is 1. The van der Waals surface area contributed by atoms with Gasteiger partial charge in [0.25, 0.3) is 0 Å². The van der Waals surface area contributed by atoms with Crippen molar-refractivity contribution in [1.82, 2.24) is 5.32 Å². The third kappa shape index (κ3) is 4.53. The number of rotatable bonds is 6. The molecule has 1 atom stereocenters. The van der Waals surface area contributed by atoms with E-state index < -0.39 is 0 Å². The number of hydrogen-bond acceptors (Lipinski definition) is 2. The van der Waals surface area contributed by atoms with E-state index in [0.717, 1.165) is 19.4 Å². The van der Waals surface area contributed by atoms with Gasteiger partial charge in [-0.1, -0.05) is 42.5 Å². The normalized spacial score (nSPS) is 11.8. The van der Waals surface area contributed by atoms with E-state index >= 15 is 0 Å². The molecule has 1 unspecified atom stereocenters. The smallest absolute Gasteiger partial charge is 0.0991 e. The molecule has 2 aromatic carbocycles. The molecule has 20 heavy (non-hydrogen) atoms. The van der Waals surface area contributed by atoms with Crippen LogP contribution in [0.25, 0.3) is 0 Å². The Kier molecular flexibility index (Phi) is 5.34. The molecule has 2 heteroatoms. The zero-order chi connectivity index (χ0) is 14.2. The van der Waals surface area contributed by atoms with Gasteiger partial charge in [0.15, 0.2) is 0 Å². The predicted molar refractivity (Wildman–Crippen MR) is 82.2 cm³/mol. The molecule has 102 valence electrons. The molecule has 0 aliphatic heterocycles. The minimum Gasteiger partial charge on any atom is -0.310 e. The van der Waals surface area contributed by atoms with Crippen molar-refractivity contribution in [2.75, 3.05) is 0 Å². The Morgan fingerprint density at radius 2 is 1.70 bits per heavy atom. The quantitative estimate of drug-likeness (QED) is 0.864. The van der Waals surface area contributed by atoms with Crippen LogP contribution >= 0.6 is 0 Å². The Hall–Kier alpha value is -2.11. The van der Waals surface area contributed by atoms with E-state index in [-0.39, 0.29) is 0 Å². The molecule has 0 aromatic heterocycles. The molecule has 0 aliphatic carbocycles. The van der Waals surface area contributed by atoms with Crippen molar-refractivity contribution in [2.24, 2.45) is 0 Å². The van der Waals surface area contributed by atoms with Gasteiger partial charge in [-0.15, -0.1) is 0 Å². The highest BCUT2D eigenvalue weighted by atomic mass is 14.9. The first kappa shape index (κ1) is 14.3. The fraction of sp³-hybridized carbons (Fsp3) is 0.278. The first-order valence-electron chi connectivity index (χ1n) is 7.04. The predicted octanol–water partition coefficient (Wildman–Crippen LogP) is 3.67. The van der Waals surface area contributed by atoms with Crippen LogP contribution in [0.2, 0.25) is 0 Å². The van der Waals surface area contributed by atoms with Gasteiger partial charge in [0, 0.05) is 12.6 Å². The minimum absolute atomic E-state index is 0.478. The average molecular weight is 264 g/mol. The molecule has 0 fully saturated rings. The fourth-order valence-corrected chi connectivity index (χ4v) is 2.12.